The predicted octanol–water partition coefficient (Wildman–Crippen LogP) is 3.21. The summed E-state index contributed by atoms with van der Waals surface area (Å²) >= 11 is 3.40. The highest BCUT2D eigenvalue weighted by Gasteiger charge is 2.37. The van der Waals surface area contributed by atoms with Gasteiger partial charge in [-0.3, -0.25) is 0 Å². The van der Waals surface area contributed by atoms with Crippen LogP contribution in [0.2, 0.25) is 0 Å². The maximum atomic E-state index is 13.7. The van der Waals surface area contributed by atoms with Crippen LogP contribution in [0.15, 0.2) is 51.8 Å². The number of benzene rings is 2. The molecule has 154 valence electrons. The van der Waals surface area contributed by atoms with Crippen LogP contribution in [0.5, 0.6) is 11.5 Å². The second-order valence-corrected chi connectivity index (χ2v) is 9.46. The third-order valence-electron chi connectivity index (χ3n) is 4.92. The SMILES string of the molecule is COc1ccc(OC)c(S(=O)(=O)N(Cc2ccc(Br)cc2)C2CCN(C#N)C2)c1. The minimum absolute atomic E-state index is 0.0480. The summed E-state index contributed by atoms with van der Waals surface area (Å²) in [4.78, 5) is 1.63. The summed E-state index contributed by atoms with van der Waals surface area (Å²) in [6.07, 6.45) is 2.69. The van der Waals surface area contributed by atoms with E-state index in [4.69, 9.17) is 9.47 Å². The number of sulfonamides is 1. The molecule has 0 aromatic heterocycles. The minimum Gasteiger partial charge on any atom is -0.497 e. The van der Waals surface area contributed by atoms with Gasteiger partial charge in [0.25, 0.3) is 0 Å². The van der Waals surface area contributed by atoms with Crippen molar-refractivity contribution >= 4 is 26.0 Å². The van der Waals surface area contributed by atoms with Crippen LogP contribution in [0.3, 0.4) is 0 Å². The van der Waals surface area contributed by atoms with E-state index < -0.39 is 10.0 Å². The molecule has 1 saturated heterocycles. The summed E-state index contributed by atoms with van der Waals surface area (Å²) in [5.41, 5.74) is 0.856. The Hall–Kier alpha value is -2.28. The summed E-state index contributed by atoms with van der Waals surface area (Å²) < 4.78 is 40.4. The molecule has 1 aliphatic heterocycles. The maximum Gasteiger partial charge on any atom is 0.247 e. The van der Waals surface area contributed by atoms with Gasteiger partial charge in [0, 0.05) is 36.2 Å². The van der Waals surface area contributed by atoms with Crippen molar-refractivity contribution in [3.8, 4) is 17.7 Å². The molecule has 0 spiro atoms. The topological polar surface area (TPSA) is 82.9 Å². The van der Waals surface area contributed by atoms with E-state index in [9.17, 15) is 13.7 Å². The van der Waals surface area contributed by atoms with Gasteiger partial charge in [-0.15, -0.1) is 0 Å². The number of methoxy groups -OCH3 is 2. The van der Waals surface area contributed by atoms with Crippen LogP contribution in [-0.2, 0) is 16.6 Å². The quantitative estimate of drug-likeness (QED) is 0.566. The minimum atomic E-state index is -3.92. The lowest BCUT2D eigenvalue weighted by molar-refractivity contribution is 0.311. The van der Waals surface area contributed by atoms with Crippen molar-refractivity contribution in [2.75, 3.05) is 27.3 Å². The van der Waals surface area contributed by atoms with E-state index in [0.29, 0.717) is 25.3 Å². The van der Waals surface area contributed by atoms with Gasteiger partial charge in [-0.25, -0.2) is 8.42 Å². The Morgan fingerprint density at radius 3 is 2.52 bits per heavy atom. The first kappa shape index (κ1) is 21.4. The van der Waals surface area contributed by atoms with Crippen molar-refractivity contribution in [3.63, 3.8) is 0 Å². The zero-order valence-electron chi connectivity index (χ0n) is 16.2. The highest BCUT2D eigenvalue weighted by atomic mass is 79.9. The molecule has 1 aliphatic rings. The van der Waals surface area contributed by atoms with E-state index in [1.54, 1.807) is 17.0 Å². The number of hydrogen-bond donors (Lipinski definition) is 0. The first-order valence-corrected chi connectivity index (χ1v) is 11.3. The van der Waals surface area contributed by atoms with Crippen molar-refractivity contribution < 1.29 is 17.9 Å². The Labute approximate surface area is 179 Å². The highest BCUT2D eigenvalue weighted by molar-refractivity contribution is 9.10. The standard InChI is InChI=1S/C20H22BrN3O4S/c1-27-18-7-8-19(28-2)20(11-18)29(25,26)24(17-9-10-23(13-17)14-22)12-15-3-5-16(21)6-4-15/h3-8,11,17H,9-10,12-13H2,1-2H3. The molecule has 2 aromatic rings. The molecule has 9 heteroatoms. The Balaban J connectivity index is 2.04. The van der Waals surface area contributed by atoms with Gasteiger partial charge in [0.2, 0.25) is 10.0 Å². The van der Waals surface area contributed by atoms with Gasteiger partial charge in [-0.2, -0.15) is 9.57 Å². The van der Waals surface area contributed by atoms with Crippen LogP contribution in [0.4, 0.5) is 0 Å². The molecule has 1 fully saturated rings. The molecule has 0 saturated carbocycles. The lowest BCUT2D eigenvalue weighted by atomic mass is 10.2. The lowest BCUT2D eigenvalue weighted by Crippen LogP contribution is -2.41. The van der Waals surface area contributed by atoms with E-state index >= 15 is 0 Å². The Morgan fingerprint density at radius 2 is 1.93 bits per heavy atom. The number of nitriles is 1. The van der Waals surface area contributed by atoms with Crippen LogP contribution in [-0.4, -0.2) is 51.0 Å². The zero-order valence-corrected chi connectivity index (χ0v) is 18.6. The summed E-state index contributed by atoms with van der Waals surface area (Å²) in [6, 6.07) is 11.9. The smallest absolute Gasteiger partial charge is 0.247 e. The first-order valence-electron chi connectivity index (χ1n) is 9.02. The molecule has 0 bridgehead atoms. The third-order valence-corrected chi connectivity index (χ3v) is 7.37. The number of ether oxygens (including phenoxy) is 2. The second-order valence-electron chi connectivity index (χ2n) is 6.68. The molecule has 1 heterocycles. The molecule has 2 aromatic carbocycles. The highest BCUT2D eigenvalue weighted by Crippen LogP contribution is 2.34. The van der Waals surface area contributed by atoms with Crippen molar-refractivity contribution in [1.82, 2.24) is 9.21 Å². The Morgan fingerprint density at radius 1 is 1.21 bits per heavy atom. The molecule has 29 heavy (non-hydrogen) atoms. The normalized spacial score (nSPS) is 16.7. The van der Waals surface area contributed by atoms with Gasteiger partial charge in [0.05, 0.1) is 14.2 Å². The van der Waals surface area contributed by atoms with Gasteiger partial charge in [0.15, 0.2) is 6.19 Å². The van der Waals surface area contributed by atoms with E-state index in [1.165, 1.54) is 24.6 Å². The van der Waals surface area contributed by atoms with E-state index in [1.807, 2.05) is 24.3 Å². The van der Waals surface area contributed by atoms with Gasteiger partial charge >= 0.3 is 0 Å². The van der Waals surface area contributed by atoms with E-state index in [0.717, 1.165) is 10.0 Å². The van der Waals surface area contributed by atoms with Crippen LogP contribution < -0.4 is 9.47 Å². The molecule has 0 aliphatic carbocycles. The van der Waals surface area contributed by atoms with Gasteiger partial charge < -0.3 is 14.4 Å². The lowest BCUT2D eigenvalue weighted by Gasteiger charge is -2.28. The molecule has 0 radical (unpaired) electrons. The summed E-state index contributed by atoms with van der Waals surface area (Å²) in [5.74, 6) is 0.680. The third kappa shape index (κ3) is 4.66. The van der Waals surface area contributed by atoms with Crippen LogP contribution in [0.1, 0.15) is 12.0 Å². The van der Waals surface area contributed by atoms with Crippen molar-refractivity contribution in [2.45, 2.75) is 23.9 Å². The summed E-state index contributed by atoms with van der Waals surface area (Å²) in [6.45, 7) is 1.08. The molecule has 3 rings (SSSR count). The average Bonchev–Trinajstić information content (AvgIpc) is 3.21. The molecule has 0 amide bonds. The van der Waals surface area contributed by atoms with Crippen LogP contribution >= 0.6 is 15.9 Å². The van der Waals surface area contributed by atoms with E-state index in [2.05, 4.69) is 22.1 Å². The molecular formula is C20H22BrN3O4S. The molecule has 1 atom stereocenters. The number of halogens is 1. The van der Waals surface area contributed by atoms with Gasteiger partial charge in [-0.05, 0) is 36.2 Å². The number of nitrogens with zero attached hydrogens (tertiary/aromatic N) is 3. The summed E-state index contributed by atoms with van der Waals surface area (Å²) in [5, 5.41) is 9.22. The van der Waals surface area contributed by atoms with Crippen molar-refractivity contribution in [1.29, 1.82) is 5.26 Å². The zero-order chi connectivity index (χ0) is 21.0. The average molecular weight is 480 g/mol. The largest absolute Gasteiger partial charge is 0.497 e. The second kappa shape index (κ2) is 9.03. The first-order chi connectivity index (χ1) is 13.9. The maximum absolute atomic E-state index is 13.7. The Bertz CT molecular complexity index is 1010. The molecule has 0 N–H and O–H groups in total. The fourth-order valence-corrected chi connectivity index (χ4v) is 5.43. The van der Waals surface area contributed by atoms with E-state index in [-0.39, 0.29) is 23.2 Å². The van der Waals surface area contributed by atoms with Crippen molar-refractivity contribution in [3.05, 3.63) is 52.5 Å². The van der Waals surface area contributed by atoms with Gasteiger partial charge in [-0.1, -0.05) is 28.1 Å². The monoisotopic (exact) mass is 479 g/mol. The van der Waals surface area contributed by atoms with Crippen molar-refractivity contribution in [2.24, 2.45) is 0 Å². The number of rotatable bonds is 7. The molecule has 7 nitrogen and oxygen atoms in total. The molecule has 1 unspecified atom stereocenters. The molecular weight excluding hydrogens is 458 g/mol. The van der Waals surface area contributed by atoms with Crippen LogP contribution in [0.25, 0.3) is 0 Å². The predicted molar refractivity (Wildman–Crippen MR) is 112 cm³/mol. The fraction of sp³-hybridized carbons (Fsp3) is 0.350. The van der Waals surface area contributed by atoms with Crippen LogP contribution in [0, 0.1) is 11.5 Å². The van der Waals surface area contributed by atoms with Gasteiger partial charge in [0.1, 0.15) is 16.4 Å². The number of hydrogen-bond acceptors (Lipinski definition) is 6. The number of likely N-dealkylation sites (tertiary alicyclic amines) is 1. The fourth-order valence-electron chi connectivity index (χ4n) is 3.36. The Kier molecular flexibility index (Phi) is 6.67. The summed E-state index contributed by atoms with van der Waals surface area (Å²) in [7, 11) is -0.996.